The Morgan fingerprint density at radius 1 is 1.15 bits per heavy atom. The van der Waals surface area contributed by atoms with Crippen molar-refractivity contribution in [2.24, 2.45) is 0 Å². The molecule has 0 saturated carbocycles. The zero-order valence-corrected chi connectivity index (χ0v) is 12.1. The quantitative estimate of drug-likeness (QED) is 0.638. The number of hydrogen-bond donors (Lipinski definition) is 0. The van der Waals surface area contributed by atoms with Gasteiger partial charge in [-0.25, -0.2) is 0 Å². The zero-order chi connectivity index (χ0) is 13.9. The maximum Gasteiger partial charge on any atom is 0.270 e. The van der Waals surface area contributed by atoms with Gasteiger partial charge in [0.1, 0.15) is 0 Å². The fourth-order valence-corrected chi connectivity index (χ4v) is 2.81. The first-order valence-electron chi connectivity index (χ1n) is 6.74. The maximum atomic E-state index is 5.61. The molecule has 20 heavy (non-hydrogen) atoms. The number of hydrogen-bond acceptors (Lipinski definition) is 4. The standard InChI is InChI=1S/C15H17N3OS/c1-2-7-16-8-10-17(11-9-16)12-18-13-5-3-4-6-14(13)19-15(18)20/h1,3-6H,7-12H2. The molecule has 3 rings (SSSR count). The molecule has 5 heteroatoms. The molecule has 0 N–H and O–H groups in total. The molecular weight excluding hydrogens is 270 g/mol. The Bertz CT molecular complexity index is 689. The Morgan fingerprint density at radius 3 is 2.60 bits per heavy atom. The van der Waals surface area contributed by atoms with Gasteiger partial charge in [-0.3, -0.25) is 14.4 Å². The fourth-order valence-electron chi connectivity index (χ4n) is 2.57. The molecule has 0 unspecified atom stereocenters. The van der Waals surface area contributed by atoms with Gasteiger partial charge >= 0.3 is 0 Å². The van der Waals surface area contributed by atoms with E-state index in [0.717, 1.165) is 50.5 Å². The van der Waals surface area contributed by atoms with Crippen molar-refractivity contribution in [1.82, 2.24) is 14.4 Å². The van der Waals surface area contributed by atoms with Gasteiger partial charge in [0.15, 0.2) is 5.58 Å². The fraction of sp³-hybridized carbons (Fsp3) is 0.400. The lowest BCUT2D eigenvalue weighted by atomic mass is 10.3. The lowest BCUT2D eigenvalue weighted by molar-refractivity contribution is 0.116. The van der Waals surface area contributed by atoms with Crippen LogP contribution in [0.25, 0.3) is 11.1 Å². The van der Waals surface area contributed by atoms with Crippen LogP contribution in [-0.4, -0.2) is 47.1 Å². The summed E-state index contributed by atoms with van der Waals surface area (Å²) >= 11 is 5.32. The first-order valence-corrected chi connectivity index (χ1v) is 7.15. The highest BCUT2D eigenvalue weighted by atomic mass is 32.1. The van der Waals surface area contributed by atoms with Gasteiger partial charge in [-0.05, 0) is 24.4 Å². The van der Waals surface area contributed by atoms with Crippen LogP contribution in [0.15, 0.2) is 28.7 Å². The van der Waals surface area contributed by atoms with Gasteiger partial charge in [0, 0.05) is 26.2 Å². The van der Waals surface area contributed by atoms with E-state index in [-0.39, 0.29) is 0 Å². The van der Waals surface area contributed by atoms with E-state index in [9.17, 15) is 0 Å². The summed E-state index contributed by atoms with van der Waals surface area (Å²) in [5.74, 6) is 2.70. The van der Waals surface area contributed by atoms with Crippen LogP contribution < -0.4 is 0 Å². The average molecular weight is 287 g/mol. The maximum absolute atomic E-state index is 5.61. The molecule has 1 aromatic heterocycles. The second-order valence-corrected chi connectivity index (χ2v) is 5.35. The van der Waals surface area contributed by atoms with Crippen LogP contribution >= 0.6 is 12.2 Å². The van der Waals surface area contributed by atoms with Crippen LogP contribution in [0.5, 0.6) is 0 Å². The minimum Gasteiger partial charge on any atom is -0.429 e. The highest BCUT2D eigenvalue weighted by Gasteiger charge is 2.17. The molecule has 1 aromatic carbocycles. The summed E-state index contributed by atoms with van der Waals surface area (Å²) in [5.41, 5.74) is 1.91. The van der Waals surface area contributed by atoms with Crippen molar-refractivity contribution in [3.05, 3.63) is 29.1 Å². The lowest BCUT2D eigenvalue weighted by Crippen LogP contribution is -2.46. The summed E-state index contributed by atoms with van der Waals surface area (Å²) in [4.78, 5) is 5.21. The molecule has 0 aliphatic carbocycles. The van der Waals surface area contributed by atoms with Crippen LogP contribution in [0.2, 0.25) is 0 Å². The zero-order valence-electron chi connectivity index (χ0n) is 11.3. The van der Waals surface area contributed by atoms with E-state index in [2.05, 4.69) is 20.3 Å². The number of rotatable bonds is 3. The number of oxazole rings is 1. The summed E-state index contributed by atoms with van der Waals surface area (Å²) in [6.07, 6.45) is 5.35. The average Bonchev–Trinajstić information content (AvgIpc) is 2.78. The highest BCUT2D eigenvalue weighted by Crippen LogP contribution is 2.18. The monoisotopic (exact) mass is 287 g/mol. The largest absolute Gasteiger partial charge is 0.429 e. The Labute approximate surface area is 123 Å². The number of nitrogens with zero attached hydrogens (tertiary/aromatic N) is 3. The van der Waals surface area contributed by atoms with Crippen molar-refractivity contribution in [2.75, 3.05) is 32.7 Å². The summed E-state index contributed by atoms with van der Waals surface area (Å²) < 4.78 is 7.67. The molecule has 0 atom stereocenters. The number of fused-ring (bicyclic) bond motifs is 1. The van der Waals surface area contributed by atoms with Crippen LogP contribution in [0.4, 0.5) is 0 Å². The van der Waals surface area contributed by atoms with E-state index in [1.165, 1.54) is 0 Å². The normalized spacial score (nSPS) is 17.4. The number of piperazine rings is 1. The highest BCUT2D eigenvalue weighted by molar-refractivity contribution is 7.71. The molecule has 2 aromatic rings. The van der Waals surface area contributed by atoms with Crippen LogP contribution in [0, 0.1) is 17.2 Å². The summed E-state index contributed by atoms with van der Waals surface area (Å²) in [6, 6.07) is 7.97. The van der Waals surface area contributed by atoms with Gasteiger partial charge in [-0.2, -0.15) is 0 Å². The number of para-hydroxylation sites is 2. The van der Waals surface area contributed by atoms with Gasteiger partial charge in [-0.15, -0.1) is 6.42 Å². The van der Waals surface area contributed by atoms with Gasteiger partial charge in [0.2, 0.25) is 0 Å². The Morgan fingerprint density at radius 2 is 1.85 bits per heavy atom. The minimum atomic E-state index is 0.539. The topological polar surface area (TPSA) is 24.6 Å². The molecule has 1 saturated heterocycles. The molecular formula is C15H17N3OS. The number of benzene rings is 1. The van der Waals surface area contributed by atoms with Crippen LogP contribution in [0.1, 0.15) is 0 Å². The molecule has 0 amide bonds. The third kappa shape index (κ3) is 2.63. The molecule has 1 fully saturated rings. The van der Waals surface area contributed by atoms with E-state index in [0.29, 0.717) is 4.84 Å². The SMILES string of the molecule is C#CCN1CCN(Cn2c(=S)oc3ccccc32)CC1. The third-order valence-corrected chi connectivity index (χ3v) is 4.00. The Hall–Kier alpha value is -1.61. The number of terminal acetylenes is 1. The van der Waals surface area contributed by atoms with Crippen molar-refractivity contribution in [2.45, 2.75) is 6.67 Å². The number of aromatic nitrogens is 1. The summed E-state index contributed by atoms with van der Waals surface area (Å²) in [6.45, 7) is 5.54. The lowest BCUT2D eigenvalue weighted by Gasteiger charge is -2.33. The summed E-state index contributed by atoms with van der Waals surface area (Å²) in [5, 5.41) is 0. The molecule has 0 radical (unpaired) electrons. The second kappa shape index (κ2) is 5.80. The third-order valence-electron chi connectivity index (χ3n) is 3.69. The van der Waals surface area contributed by atoms with E-state index in [1.54, 1.807) is 0 Å². The van der Waals surface area contributed by atoms with Gasteiger partial charge < -0.3 is 4.42 Å². The first kappa shape index (κ1) is 13.4. The Kier molecular flexibility index (Phi) is 3.88. The van der Waals surface area contributed by atoms with Crippen LogP contribution in [-0.2, 0) is 6.67 Å². The van der Waals surface area contributed by atoms with Crippen molar-refractivity contribution >= 4 is 23.3 Å². The molecule has 104 valence electrons. The van der Waals surface area contributed by atoms with Crippen LogP contribution in [0.3, 0.4) is 0 Å². The molecule has 2 heterocycles. The molecule has 4 nitrogen and oxygen atoms in total. The van der Waals surface area contributed by atoms with Crippen molar-refractivity contribution < 1.29 is 4.42 Å². The first-order chi connectivity index (χ1) is 9.78. The smallest absolute Gasteiger partial charge is 0.270 e. The van der Waals surface area contributed by atoms with Crippen molar-refractivity contribution in [1.29, 1.82) is 0 Å². The van der Waals surface area contributed by atoms with Crippen molar-refractivity contribution in [3.8, 4) is 12.3 Å². The summed E-state index contributed by atoms with van der Waals surface area (Å²) in [7, 11) is 0. The van der Waals surface area contributed by atoms with Gasteiger partial charge in [-0.1, -0.05) is 18.1 Å². The molecule has 1 aliphatic heterocycles. The van der Waals surface area contributed by atoms with E-state index >= 15 is 0 Å². The van der Waals surface area contributed by atoms with Gasteiger partial charge in [0.25, 0.3) is 4.84 Å². The molecule has 1 aliphatic rings. The molecule has 0 bridgehead atoms. The molecule has 0 spiro atoms. The van der Waals surface area contributed by atoms with E-state index in [4.69, 9.17) is 23.1 Å². The minimum absolute atomic E-state index is 0.539. The van der Waals surface area contributed by atoms with Crippen molar-refractivity contribution in [3.63, 3.8) is 0 Å². The van der Waals surface area contributed by atoms with E-state index < -0.39 is 0 Å². The Balaban J connectivity index is 1.73. The predicted molar refractivity (Wildman–Crippen MR) is 81.9 cm³/mol. The second-order valence-electron chi connectivity index (χ2n) is 5.00. The van der Waals surface area contributed by atoms with Gasteiger partial charge in [0.05, 0.1) is 18.7 Å². The van der Waals surface area contributed by atoms with E-state index in [1.807, 2.05) is 24.3 Å². The predicted octanol–water partition coefficient (Wildman–Crippen LogP) is 2.17.